The zero-order valence-corrected chi connectivity index (χ0v) is 11.0. The van der Waals surface area contributed by atoms with E-state index in [9.17, 15) is 0 Å². The van der Waals surface area contributed by atoms with E-state index >= 15 is 0 Å². The number of H-pyrrole nitrogens is 1. The molecule has 90 valence electrons. The van der Waals surface area contributed by atoms with Crippen LogP contribution in [0.15, 0.2) is 36.4 Å². The topological polar surface area (TPSA) is 15.8 Å². The van der Waals surface area contributed by atoms with Crippen molar-refractivity contribution in [3.05, 3.63) is 58.9 Å². The fourth-order valence-electron chi connectivity index (χ4n) is 2.30. The van der Waals surface area contributed by atoms with Crippen LogP contribution in [0.2, 0.25) is 0 Å². The van der Waals surface area contributed by atoms with E-state index in [1.54, 1.807) is 0 Å². The Morgan fingerprint density at radius 2 is 1.82 bits per heavy atom. The molecule has 2 rings (SSSR count). The molecule has 0 saturated heterocycles. The number of aryl methyl sites for hydroxylation is 1. The van der Waals surface area contributed by atoms with Crippen molar-refractivity contribution in [1.29, 1.82) is 0 Å². The average molecular weight is 227 g/mol. The summed E-state index contributed by atoms with van der Waals surface area (Å²) in [6.07, 6.45) is 2.09. The van der Waals surface area contributed by atoms with Gasteiger partial charge in [0, 0.05) is 17.8 Å². The molecule has 1 aromatic carbocycles. The van der Waals surface area contributed by atoms with Crippen molar-refractivity contribution in [1.82, 2.24) is 4.98 Å². The van der Waals surface area contributed by atoms with E-state index in [4.69, 9.17) is 0 Å². The number of benzene rings is 1. The van der Waals surface area contributed by atoms with Crippen LogP contribution in [0.4, 0.5) is 0 Å². The molecule has 0 aliphatic heterocycles. The molecule has 0 bridgehead atoms. The molecule has 1 heteroatoms. The molecule has 1 nitrogen and oxygen atoms in total. The minimum absolute atomic E-state index is 0.603. The Kier molecular flexibility index (Phi) is 3.68. The SMILES string of the molecule is CCc1[nH]c(Cc2ccccc2)cc1C(C)C. The smallest absolute Gasteiger partial charge is 0.0196 e. The number of hydrogen-bond acceptors (Lipinski definition) is 0. The first-order valence-corrected chi connectivity index (χ1v) is 6.45. The maximum Gasteiger partial charge on any atom is 0.0196 e. The van der Waals surface area contributed by atoms with Crippen molar-refractivity contribution < 1.29 is 0 Å². The Morgan fingerprint density at radius 1 is 1.12 bits per heavy atom. The predicted octanol–water partition coefficient (Wildman–Crippen LogP) is 4.29. The van der Waals surface area contributed by atoms with Gasteiger partial charge in [-0.15, -0.1) is 0 Å². The first-order chi connectivity index (χ1) is 8.20. The largest absolute Gasteiger partial charge is 0.362 e. The Bertz CT molecular complexity index is 466. The van der Waals surface area contributed by atoms with E-state index in [-0.39, 0.29) is 0 Å². The predicted molar refractivity (Wildman–Crippen MR) is 73.5 cm³/mol. The van der Waals surface area contributed by atoms with Gasteiger partial charge in [0.1, 0.15) is 0 Å². The lowest BCUT2D eigenvalue weighted by atomic mass is 10.0. The highest BCUT2D eigenvalue weighted by Gasteiger charge is 2.09. The van der Waals surface area contributed by atoms with Gasteiger partial charge in [-0.1, -0.05) is 51.1 Å². The van der Waals surface area contributed by atoms with E-state index in [2.05, 4.69) is 62.2 Å². The summed E-state index contributed by atoms with van der Waals surface area (Å²) in [5, 5.41) is 0. The summed E-state index contributed by atoms with van der Waals surface area (Å²) in [7, 11) is 0. The van der Waals surface area contributed by atoms with Gasteiger partial charge in [0.15, 0.2) is 0 Å². The van der Waals surface area contributed by atoms with Gasteiger partial charge in [0.05, 0.1) is 0 Å². The Balaban J connectivity index is 2.23. The lowest BCUT2D eigenvalue weighted by Crippen LogP contribution is -1.91. The van der Waals surface area contributed by atoms with Gasteiger partial charge < -0.3 is 4.98 Å². The van der Waals surface area contributed by atoms with Crippen molar-refractivity contribution in [2.24, 2.45) is 0 Å². The highest BCUT2D eigenvalue weighted by molar-refractivity contribution is 5.32. The molecule has 1 N–H and O–H groups in total. The average Bonchev–Trinajstić information content (AvgIpc) is 2.73. The van der Waals surface area contributed by atoms with E-state index in [1.165, 1.54) is 22.5 Å². The van der Waals surface area contributed by atoms with E-state index in [1.807, 2.05) is 0 Å². The molecule has 0 saturated carbocycles. The Labute approximate surface area is 104 Å². The third-order valence-corrected chi connectivity index (χ3v) is 3.20. The molecular formula is C16H21N. The fraction of sp³-hybridized carbons (Fsp3) is 0.375. The lowest BCUT2D eigenvalue weighted by Gasteiger charge is -2.03. The summed E-state index contributed by atoms with van der Waals surface area (Å²) in [6.45, 7) is 6.73. The van der Waals surface area contributed by atoms with Gasteiger partial charge in [-0.2, -0.15) is 0 Å². The van der Waals surface area contributed by atoms with Gasteiger partial charge in [0.25, 0.3) is 0 Å². The highest BCUT2D eigenvalue weighted by Crippen LogP contribution is 2.22. The maximum atomic E-state index is 3.56. The van der Waals surface area contributed by atoms with Gasteiger partial charge in [0.2, 0.25) is 0 Å². The molecule has 0 aliphatic rings. The quantitative estimate of drug-likeness (QED) is 0.802. The van der Waals surface area contributed by atoms with Gasteiger partial charge in [-0.25, -0.2) is 0 Å². The summed E-state index contributed by atoms with van der Waals surface area (Å²) in [5.74, 6) is 0.603. The molecular weight excluding hydrogens is 206 g/mol. The van der Waals surface area contributed by atoms with Crippen molar-refractivity contribution in [3.63, 3.8) is 0 Å². The second-order valence-corrected chi connectivity index (χ2v) is 4.90. The summed E-state index contributed by atoms with van der Waals surface area (Å²) in [5.41, 5.74) is 5.56. The molecule has 0 amide bonds. The summed E-state index contributed by atoms with van der Waals surface area (Å²) in [6, 6.07) is 13.0. The number of aromatic amines is 1. The standard InChI is InChI=1S/C16H21N/c1-4-16-15(12(2)3)11-14(17-16)10-13-8-6-5-7-9-13/h5-9,11-12,17H,4,10H2,1-3H3. The van der Waals surface area contributed by atoms with Crippen LogP contribution in [0.3, 0.4) is 0 Å². The number of rotatable bonds is 4. The number of aromatic nitrogens is 1. The van der Waals surface area contributed by atoms with Crippen molar-refractivity contribution >= 4 is 0 Å². The van der Waals surface area contributed by atoms with Crippen LogP contribution in [0.25, 0.3) is 0 Å². The van der Waals surface area contributed by atoms with E-state index in [0.717, 1.165) is 12.8 Å². The first kappa shape index (κ1) is 12.0. The van der Waals surface area contributed by atoms with Crippen LogP contribution in [0.5, 0.6) is 0 Å². The third kappa shape index (κ3) is 2.79. The van der Waals surface area contributed by atoms with Crippen LogP contribution < -0.4 is 0 Å². The molecule has 17 heavy (non-hydrogen) atoms. The zero-order chi connectivity index (χ0) is 12.3. The summed E-state index contributed by atoms with van der Waals surface area (Å²) >= 11 is 0. The Hall–Kier alpha value is -1.50. The molecule has 0 aliphatic carbocycles. The minimum atomic E-state index is 0.603. The normalized spacial score (nSPS) is 11.1. The monoisotopic (exact) mass is 227 g/mol. The molecule has 0 spiro atoms. The number of nitrogens with one attached hydrogen (secondary N) is 1. The van der Waals surface area contributed by atoms with Gasteiger partial charge in [-0.05, 0) is 29.5 Å². The number of hydrogen-bond donors (Lipinski definition) is 1. The molecule has 2 aromatic rings. The molecule has 0 fully saturated rings. The second-order valence-electron chi connectivity index (χ2n) is 4.90. The maximum absolute atomic E-state index is 3.56. The Morgan fingerprint density at radius 3 is 2.35 bits per heavy atom. The van der Waals surface area contributed by atoms with Crippen LogP contribution in [0.1, 0.15) is 49.2 Å². The fourth-order valence-corrected chi connectivity index (χ4v) is 2.30. The van der Waals surface area contributed by atoms with Crippen molar-refractivity contribution in [3.8, 4) is 0 Å². The lowest BCUT2D eigenvalue weighted by molar-refractivity contribution is 0.841. The van der Waals surface area contributed by atoms with E-state index in [0.29, 0.717) is 5.92 Å². The van der Waals surface area contributed by atoms with Gasteiger partial charge in [-0.3, -0.25) is 0 Å². The van der Waals surface area contributed by atoms with E-state index < -0.39 is 0 Å². The van der Waals surface area contributed by atoms with Crippen LogP contribution in [0, 0.1) is 0 Å². The first-order valence-electron chi connectivity index (χ1n) is 6.45. The molecule has 0 unspecified atom stereocenters. The summed E-state index contributed by atoms with van der Waals surface area (Å²) in [4.78, 5) is 3.56. The minimum Gasteiger partial charge on any atom is -0.362 e. The second kappa shape index (κ2) is 5.22. The van der Waals surface area contributed by atoms with Crippen LogP contribution >= 0.6 is 0 Å². The highest BCUT2D eigenvalue weighted by atomic mass is 14.7. The molecule has 1 heterocycles. The van der Waals surface area contributed by atoms with Gasteiger partial charge >= 0.3 is 0 Å². The zero-order valence-electron chi connectivity index (χ0n) is 11.0. The third-order valence-electron chi connectivity index (χ3n) is 3.20. The van der Waals surface area contributed by atoms with Crippen LogP contribution in [-0.4, -0.2) is 4.98 Å². The molecule has 0 atom stereocenters. The molecule has 0 radical (unpaired) electrons. The molecule has 1 aromatic heterocycles. The summed E-state index contributed by atoms with van der Waals surface area (Å²) < 4.78 is 0. The van der Waals surface area contributed by atoms with Crippen molar-refractivity contribution in [2.75, 3.05) is 0 Å². The van der Waals surface area contributed by atoms with Crippen molar-refractivity contribution in [2.45, 2.75) is 39.5 Å². The van der Waals surface area contributed by atoms with Crippen LogP contribution in [-0.2, 0) is 12.8 Å².